The molecule has 21 heavy (non-hydrogen) atoms. The van der Waals surface area contributed by atoms with E-state index in [4.69, 9.17) is 4.74 Å². The Hall–Kier alpha value is -2.24. The van der Waals surface area contributed by atoms with Crippen LogP contribution in [0.4, 0.5) is 18.0 Å². The van der Waals surface area contributed by atoms with Gasteiger partial charge in [0.2, 0.25) is 0 Å². The van der Waals surface area contributed by atoms with Crippen LogP contribution in [-0.4, -0.2) is 17.6 Å². The van der Waals surface area contributed by atoms with Gasteiger partial charge >= 0.3 is 12.3 Å². The molecule has 0 fully saturated rings. The normalized spacial score (nSPS) is 15.3. The van der Waals surface area contributed by atoms with Crippen LogP contribution < -0.4 is 0 Å². The fraction of sp³-hybridized carbons (Fsp3) is 0.267. The van der Waals surface area contributed by atoms with Gasteiger partial charge in [0, 0.05) is 18.3 Å². The number of hydrogen-bond acceptors (Lipinski definition) is 2. The lowest BCUT2D eigenvalue weighted by Crippen LogP contribution is -2.23. The Labute approximate surface area is 120 Å². The summed E-state index contributed by atoms with van der Waals surface area (Å²) in [5, 5.41) is 0. The van der Waals surface area contributed by atoms with Crippen LogP contribution in [0.5, 0.6) is 0 Å². The minimum atomic E-state index is -4.34. The predicted molar refractivity (Wildman–Crippen MR) is 71.3 cm³/mol. The SMILES string of the molecule is CCOC(=O)N1C=CC(c2ccc(C(F)(F)F)cc2)C=C1. The largest absolute Gasteiger partial charge is 0.449 e. The second kappa shape index (κ2) is 6.03. The third-order valence-electron chi connectivity index (χ3n) is 3.01. The zero-order valence-corrected chi connectivity index (χ0v) is 11.3. The van der Waals surface area contributed by atoms with Crippen LogP contribution in [0.3, 0.4) is 0 Å². The van der Waals surface area contributed by atoms with Crippen LogP contribution >= 0.6 is 0 Å². The standard InChI is InChI=1S/C15H14F3NO2/c1-2-21-14(20)19-9-7-12(8-10-19)11-3-5-13(6-4-11)15(16,17)18/h3-10,12H,2H2,1H3. The Kier molecular flexibility index (Phi) is 4.35. The van der Waals surface area contributed by atoms with E-state index in [9.17, 15) is 18.0 Å². The fourth-order valence-corrected chi connectivity index (χ4v) is 1.92. The molecule has 1 aromatic carbocycles. The van der Waals surface area contributed by atoms with Gasteiger partial charge in [0.25, 0.3) is 0 Å². The van der Waals surface area contributed by atoms with E-state index >= 15 is 0 Å². The number of hydrogen-bond donors (Lipinski definition) is 0. The lowest BCUT2D eigenvalue weighted by molar-refractivity contribution is -0.137. The van der Waals surface area contributed by atoms with E-state index in [2.05, 4.69) is 0 Å². The van der Waals surface area contributed by atoms with E-state index in [-0.39, 0.29) is 12.5 Å². The highest BCUT2D eigenvalue weighted by Crippen LogP contribution is 2.31. The number of benzene rings is 1. The van der Waals surface area contributed by atoms with Crippen molar-refractivity contribution < 1.29 is 22.7 Å². The first-order valence-electron chi connectivity index (χ1n) is 6.40. The molecule has 1 aliphatic rings. The summed E-state index contributed by atoms with van der Waals surface area (Å²) in [6.07, 6.45) is 1.70. The molecule has 0 spiro atoms. The maximum absolute atomic E-state index is 12.5. The summed E-state index contributed by atoms with van der Waals surface area (Å²) in [5.41, 5.74) is 0.0437. The highest BCUT2D eigenvalue weighted by molar-refractivity contribution is 5.70. The molecule has 0 saturated carbocycles. The number of amides is 1. The minimum absolute atomic E-state index is 0.169. The van der Waals surface area contributed by atoms with Gasteiger partial charge in [-0.3, -0.25) is 4.90 Å². The summed E-state index contributed by atoms with van der Waals surface area (Å²) in [5.74, 6) is -0.169. The Morgan fingerprint density at radius 2 is 1.76 bits per heavy atom. The van der Waals surface area contributed by atoms with Crippen molar-refractivity contribution in [2.24, 2.45) is 0 Å². The molecule has 0 atom stereocenters. The van der Waals surface area contributed by atoms with Crippen LogP contribution in [0.15, 0.2) is 48.8 Å². The Morgan fingerprint density at radius 1 is 1.19 bits per heavy atom. The molecular weight excluding hydrogens is 283 g/mol. The van der Waals surface area contributed by atoms with Crippen molar-refractivity contribution in [3.8, 4) is 0 Å². The molecule has 1 amide bonds. The number of ether oxygens (including phenoxy) is 1. The average Bonchev–Trinajstić information content (AvgIpc) is 2.47. The van der Waals surface area contributed by atoms with Gasteiger partial charge in [-0.1, -0.05) is 24.3 Å². The Bertz CT molecular complexity index is 547. The van der Waals surface area contributed by atoms with E-state index in [1.807, 2.05) is 0 Å². The van der Waals surface area contributed by atoms with Crippen molar-refractivity contribution in [3.05, 3.63) is 59.9 Å². The quantitative estimate of drug-likeness (QED) is 0.815. The van der Waals surface area contributed by atoms with Crippen LogP contribution in [-0.2, 0) is 10.9 Å². The summed E-state index contributed by atoms with van der Waals surface area (Å²) >= 11 is 0. The number of allylic oxidation sites excluding steroid dienone is 2. The summed E-state index contributed by atoms with van der Waals surface area (Å²) in [7, 11) is 0. The van der Waals surface area contributed by atoms with Gasteiger partial charge in [-0.15, -0.1) is 0 Å². The number of alkyl halides is 3. The molecule has 112 valence electrons. The highest BCUT2D eigenvalue weighted by Gasteiger charge is 2.30. The maximum atomic E-state index is 12.5. The maximum Gasteiger partial charge on any atom is 0.417 e. The van der Waals surface area contributed by atoms with Crippen molar-refractivity contribution in [2.75, 3.05) is 6.61 Å². The molecule has 2 rings (SSSR count). The first-order valence-corrected chi connectivity index (χ1v) is 6.40. The molecule has 3 nitrogen and oxygen atoms in total. The van der Waals surface area contributed by atoms with Crippen LogP contribution in [0.1, 0.15) is 24.0 Å². The van der Waals surface area contributed by atoms with Crippen LogP contribution in [0.2, 0.25) is 0 Å². The third kappa shape index (κ3) is 3.65. The van der Waals surface area contributed by atoms with Crippen molar-refractivity contribution in [1.82, 2.24) is 4.90 Å². The summed E-state index contributed by atoms with van der Waals surface area (Å²) < 4.78 is 42.3. The van der Waals surface area contributed by atoms with E-state index in [0.29, 0.717) is 0 Å². The second-order valence-electron chi connectivity index (χ2n) is 4.43. The smallest absolute Gasteiger partial charge is 0.417 e. The van der Waals surface area contributed by atoms with Gasteiger partial charge in [0.05, 0.1) is 12.2 Å². The molecule has 0 bridgehead atoms. The summed E-state index contributed by atoms with van der Waals surface area (Å²) in [4.78, 5) is 12.8. The van der Waals surface area contributed by atoms with E-state index < -0.39 is 17.8 Å². The molecule has 6 heteroatoms. The number of carbonyl (C=O) groups is 1. The molecule has 0 saturated heterocycles. The molecular formula is C15H14F3NO2. The number of halogens is 3. The molecule has 0 unspecified atom stereocenters. The zero-order valence-electron chi connectivity index (χ0n) is 11.3. The molecule has 1 aromatic rings. The van der Waals surface area contributed by atoms with E-state index in [1.165, 1.54) is 17.0 Å². The van der Waals surface area contributed by atoms with Gasteiger partial charge in [0.1, 0.15) is 0 Å². The topological polar surface area (TPSA) is 29.5 Å². The zero-order chi connectivity index (χ0) is 15.5. The molecule has 0 N–H and O–H groups in total. The van der Waals surface area contributed by atoms with Gasteiger partial charge in [0.15, 0.2) is 0 Å². The highest BCUT2D eigenvalue weighted by atomic mass is 19.4. The molecule has 0 aliphatic carbocycles. The van der Waals surface area contributed by atoms with Crippen molar-refractivity contribution in [3.63, 3.8) is 0 Å². The Morgan fingerprint density at radius 3 is 2.24 bits per heavy atom. The van der Waals surface area contributed by atoms with Crippen LogP contribution in [0.25, 0.3) is 0 Å². The number of carbonyl (C=O) groups excluding carboxylic acids is 1. The Balaban J connectivity index is 2.07. The lowest BCUT2D eigenvalue weighted by Gasteiger charge is -2.20. The molecule has 1 heterocycles. The summed E-state index contributed by atoms with van der Waals surface area (Å²) in [6.45, 7) is 1.99. The van der Waals surface area contributed by atoms with Gasteiger partial charge in [-0.25, -0.2) is 4.79 Å². The number of rotatable bonds is 2. The van der Waals surface area contributed by atoms with Crippen LogP contribution in [0, 0.1) is 0 Å². The monoisotopic (exact) mass is 297 g/mol. The van der Waals surface area contributed by atoms with Crippen molar-refractivity contribution in [1.29, 1.82) is 0 Å². The molecule has 1 aliphatic heterocycles. The lowest BCUT2D eigenvalue weighted by atomic mass is 9.96. The second-order valence-corrected chi connectivity index (χ2v) is 4.43. The first-order chi connectivity index (χ1) is 9.91. The first kappa shape index (κ1) is 15.2. The van der Waals surface area contributed by atoms with Gasteiger partial charge in [-0.2, -0.15) is 13.2 Å². The van der Waals surface area contributed by atoms with Crippen molar-refractivity contribution in [2.45, 2.75) is 19.0 Å². The van der Waals surface area contributed by atoms with E-state index in [0.717, 1.165) is 17.7 Å². The summed E-state index contributed by atoms with van der Waals surface area (Å²) in [6, 6.07) is 4.97. The average molecular weight is 297 g/mol. The molecule has 0 radical (unpaired) electrons. The minimum Gasteiger partial charge on any atom is -0.449 e. The fourth-order valence-electron chi connectivity index (χ4n) is 1.92. The predicted octanol–water partition coefficient (Wildman–Crippen LogP) is 4.29. The third-order valence-corrected chi connectivity index (χ3v) is 3.01. The van der Waals surface area contributed by atoms with Gasteiger partial charge in [-0.05, 0) is 24.6 Å². The van der Waals surface area contributed by atoms with Crippen molar-refractivity contribution >= 4 is 6.09 Å². The van der Waals surface area contributed by atoms with Gasteiger partial charge < -0.3 is 4.74 Å². The number of nitrogens with zero attached hydrogens (tertiary/aromatic N) is 1. The molecule has 0 aromatic heterocycles. The van der Waals surface area contributed by atoms with E-state index in [1.54, 1.807) is 31.5 Å².